The molecule has 0 aliphatic carbocycles. The Morgan fingerprint density at radius 2 is 1.56 bits per heavy atom. The average molecular weight is 431 g/mol. The molecule has 1 N–H and O–H groups in total. The Morgan fingerprint density at radius 3 is 2.22 bits per heavy atom. The molecule has 0 heterocycles. The van der Waals surface area contributed by atoms with Gasteiger partial charge in [-0.1, -0.05) is 72.3 Å². The van der Waals surface area contributed by atoms with Crippen molar-refractivity contribution in [1.29, 1.82) is 0 Å². The van der Waals surface area contributed by atoms with E-state index < -0.39 is 6.04 Å². The maximum atomic E-state index is 13.4. The molecule has 2 amide bonds. The number of amides is 2. The number of nitrogens with one attached hydrogen (secondary N) is 1. The minimum atomic E-state index is -0.656. The molecule has 166 valence electrons. The predicted octanol–water partition coefficient (Wildman–Crippen LogP) is 4.07. The highest BCUT2D eigenvalue weighted by atomic mass is 16.5. The lowest BCUT2D eigenvalue weighted by molar-refractivity contribution is -0.142. The number of carbonyl (C=O) groups excluding carboxylic acids is 2. The molecule has 0 radical (unpaired) electrons. The van der Waals surface area contributed by atoms with Gasteiger partial charge in [0.05, 0.1) is 0 Å². The zero-order valence-corrected chi connectivity index (χ0v) is 18.9. The van der Waals surface area contributed by atoms with E-state index in [1.54, 1.807) is 11.9 Å². The zero-order valence-electron chi connectivity index (χ0n) is 18.9. The van der Waals surface area contributed by atoms with Gasteiger partial charge in [-0.2, -0.15) is 0 Å². The summed E-state index contributed by atoms with van der Waals surface area (Å²) < 4.78 is 5.76. The van der Waals surface area contributed by atoms with Crippen molar-refractivity contribution in [3.63, 3.8) is 0 Å². The molecule has 0 spiro atoms. The Bertz CT molecular complexity index is 1030. The maximum Gasteiger partial charge on any atom is 0.261 e. The van der Waals surface area contributed by atoms with Crippen molar-refractivity contribution in [1.82, 2.24) is 10.2 Å². The summed E-state index contributed by atoms with van der Waals surface area (Å²) in [7, 11) is 1.60. The van der Waals surface area contributed by atoms with Gasteiger partial charge in [0.2, 0.25) is 5.91 Å². The Morgan fingerprint density at radius 1 is 0.906 bits per heavy atom. The highest BCUT2D eigenvalue weighted by molar-refractivity contribution is 5.88. The van der Waals surface area contributed by atoms with E-state index >= 15 is 0 Å². The zero-order chi connectivity index (χ0) is 22.9. The minimum Gasteiger partial charge on any atom is -0.484 e. The fraction of sp³-hybridized carbons (Fsp3) is 0.259. The van der Waals surface area contributed by atoms with E-state index in [0.717, 1.165) is 22.3 Å². The van der Waals surface area contributed by atoms with E-state index in [4.69, 9.17) is 4.74 Å². The molecular weight excluding hydrogens is 400 g/mol. The second-order valence-electron chi connectivity index (χ2n) is 7.87. The summed E-state index contributed by atoms with van der Waals surface area (Å²) in [5.74, 6) is 0.184. The van der Waals surface area contributed by atoms with Crippen molar-refractivity contribution in [2.75, 3.05) is 13.7 Å². The van der Waals surface area contributed by atoms with E-state index in [1.807, 2.05) is 92.7 Å². The number of aryl methyl sites for hydroxylation is 2. The smallest absolute Gasteiger partial charge is 0.261 e. The van der Waals surface area contributed by atoms with Gasteiger partial charge in [0.15, 0.2) is 6.61 Å². The largest absolute Gasteiger partial charge is 0.484 e. The number of carbonyl (C=O) groups is 2. The van der Waals surface area contributed by atoms with Gasteiger partial charge in [-0.25, -0.2) is 0 Å². The molecule has 0 saturated carbocycles. The maximum absolute atomic E-state index is 13.4. The number of nitrogens with zero attached hydrogens (tertiary/aromatic N) is 1. The standard InChI is InChI=1S/C27H30N2O3/c1-20-13-15-24(16-14-20)32-19-26(30)29(18-23-12-8-7-9-21(23)2)25(27(31)28-3)17-22-10-5-4-6-11-22/h4-16,25H,17-19H2,1-3H3,(H,28,31)/t25-/m1/s1. The number of hydrogen-bond acceptors (Lipinski definition) is 3. The normalized spacial score (nSPS) is 11.5. The van der Waals surface area contributed by atoms with Gasteiger partial charge in [0.1, 0.15) is 11.8 Å². The molecule has 1 atom stereocenters. The number of hydrogen-bond donors (Lipinski definition) is 1. The van der Waals surface area contributed by atoms with Gasteiger partial charge in [-0.3, -0.25) is 9.59 Å². The highest BCUT2D eigenvalue weighted by Crippen LogP contribution is 2.18. The molecule has 5 heteroatoms. The van der Waals surface area contributed by atoms with Crippen LogP contribution < -0.4 is 10.1 Å². The number of ether oxygens (including phenoxy) is 1. The van der Waals surface area contributed by atoms with Crippen LogP contribution in [0.5, 0.6) is 5.75 Å². The van der Waals surface area contributed by atoms with E-state index in [-0.39, 0.29) is 18.4 Å². The Balaban J connectivity index is 1.87. The lowest BCUT2D eigenvalue weighted by atomic mass is 10.0. The lowest BCUT2D eigenvalue weighted by Crippen LogP contribution is -2.51. The van der Waals surface area contributed by atoms with E-state index in [1.165, 1.54) is 0 Å². The van der Waals surface area contributed by atoms with Crippen LogP contribution in [0.15, 0.2) is 78.9 Å². The molecule has 5 nitrogen and oxygen atoms in total. The topological polar surface area (TPSA) is 58.6 Å². The summed E-state index contributed by atoms with van der Waals surface area (Å²) >= 11 is 0. The summed E-state index contributed by atoms with van der Waals surface area (Å²) in [4.78, 5) is 27.9. The highest BCUT2D eigenvalue weighted by Gasteiger charge is 2.30. The Kier molecular flexibility index (Phi) is 8.03. The molecule has 0 unspecified atom stereocenters. The lowest BCUT2D eigenvalue weighted by Gasteiger charge is -2.31. The quantitative estimate of drug-likeness (QED) is 0.557. The van der Waals surface area contributed by atoms with Crippen LogP contribution in [0.4, 0.5) is 0 Å². The third-order valence-corrected chi connectivity index (χ3v) is 5.50. The van der Waals surface area contributed by atoms with Gasteiger partial charge in [-0.15, -0.1) is 0 Å². The molecule has 0 bridgehead atoms. The van der Waals surface area contributed by atoms with Crippen LogP contribution in [-0.4, -0.2) is 36.4 Å². The molecule has 0 aliphatic rings. The number of rotatable bonds is 9. The molecule has 3 aromatic carbocycles. The van der Waals surface area contributed by atoms with Crippen LogP contribution in [0.1, 0.15) is 22.3 Å². The monoisotopic (exact) mass is 430 g/mol. The first-order valence-corrected chi connectivity index (χ1v) is 10.8. The third kappa shape index (κ3) is 6.20. The van der Waals surface area contributed by atoms with Crippen LogP contribution in [0.25, 0.3) is 0 Å². The van der Waals surface area contributed by atoms with Gasteiger partial charge >= 0.3 is 0 Å². The first-order chi connectivity index (χ1) is 15.5. The van der Waals surface area contributed by atoms with Gasteiger partial charge < -0.3 is 15.0 Å². The molecule has 0 aliphatic heterocycles. The summed E-state index contributed by atoms with van der Waals surface area (Å²) in [5, 5.41) is 2.73. The first kappa shape index (κ1) is 23.1. The van der Waals surface area contributed by atoms with Crippen molar-refractivity contribution in [3.8, 4) is 5.75 Å². The molecule has 0 fully saturated rings. The van der Waals surface area contributed by atoms with Crippen molar-refractivity contribution in [2.24, 2.45) is 0 Å². The van der Waals surface area contributed by atoms with Crippen molar-refractivity contribution in [3.05, 3.63) is 101 Å². The summed E-state index contributed by atoms with van der Waals surface area (Å²) in [6, 6.07) is 24.5. The summed E-state index contributed by atoms with van der Waals surface area (Å²) in [6.45, 7) is 4.19. The number of benzene rings is 3. The fourth-order valence-electron chi connectivity index (χ4n) is 3.55. The first-order valence-electron chi connectivity index (χ1n) is 10.8. The van der Waals surface area contributed by atoms with Crippen molar-refractivity contribution >= 4 is 11.8 Å². The predicted molar refractivity (Wildman–Crippen MR) is 126 cm³/mol. The molecule has 3 rings (SSSR count). The molecule has 0 aromatic heterocycles. The molecule has 0 saturated heterocycles. The minimum absolute atomic E-state index is 0.142. The Labute approximate surface area is 190 Å². The van der Waals surface area contributed by atoms with Crippen LogP contribution in [-0.2, 0) is 22.6 Å². The van der Waals surface area contributed by atoms with Crippen LogP contribution in [0.3, 0.4) is 0 Å². The van der Waals surface area contributed by atoms with Crippen LogP contribution in [0.2, 0.25) is 0 Å². The van der Waals surface area contributed by atoms with E-state index in [0.29, 0.717) is 18.7 Å². The third-order valence-electron chi connectivity index (χ3n) is 5.50. The van der Waals surface area contributed by atoms with Gasteiger partial charge in [0, 0.05) is 20.0 Å². The van der Waals surface area contributed by atoms with E-state index in [9.17, 15) is 9.59 Å². The van der Waals surface area contributed by atoms with Crippen LogP contribution >= 0.6 is 0 Å². The second-order valence-corrected chi connectivity index (χ2v) is 7.87. The molecular formula is C27H30N2O3. The van der Waals surface area contributed by atoms with Crippen LogP contribution in [0, 0.1) is 13.8 Å². The summed E-state index contributed by atoms with van der Waals surface area (Å²) in [5.41, 5.74) is 4.17. The van der Waals surface area contributed by atoms with Crippen molar-refractivity contribution < 1.29 is 14.3 Å². The van der Waals surface area contributed by atoms with Crippen molar-refractivity contribution in [2.45, 2.75) is 32.9 Å². The fourth-order valence-corrected chi connectivity index (χ4v) is 3.55. The second kappa shape index (κ2) is 11.1. The molecule has 32 heavy (non-hydrogen) atoms. The number of likely N-dealkylation sites (N-methyl/N-ethyl adjacent to an activating group) is 1. The Hall–Kier alpha value is -3.60. The SMILES string of the molecule is CNC(=O)[C@@H](Cc1ccccc1)N(Cc1ccccc1C)C(=O)COc1ccc(C)cc1. The van der Waals surface area contributed by atoms with Gasteiger partial charge in [0.25, 0.3) is 5.91 Å². The van der Waals surface area contributed by atoms with Gasteiger partial charge in [-0.05, 0) is 42.7 Å². The average Bonchev–Trinajstić information content (AvgIpc) is 2.82. The molecule has 3 aromatic rings. The van der Waals surface area contributed by atoms with E-state index in [2.05, 4.69) is 5.32 Å². The summed E-state index contributed by atoms with van der Waals surface area (Å²) in [6.07, 6.45) is 0.419.